The van der Waals surface area contributed by atoms with E-state index in [9.17, 15) is 4.79 Å². The number of nitriles is 1. The zero-order valence-electron chi connectivity index (χ0n) is 12.3. The molecule has 0 spiro atoms. The van der Waals surface area contributed by atoms with Gasteiger partial charge in [0.15, 0.2) is 6.61 Å². The van der Waals surface area contributed by atoms with Crippen LogP contribution < -0.4 is 10.1 Å². The van der Waals surface area contributed by atoms with Crippen molar-refractivity contribution in [2.24, 2.45) is 0 Å². The molecule has 1 amide bonds. The van der Waals surface area contributed by atoms with Gasteiger partial charge in [0.1, 0.15) is 5.75 Å². The summed E-state index contributed by atoms with van der Waals surface area (Å²) in [7, 11) is 0. The van der Waals surface area contributed by atoms with Crippen molar-refractivity contribution in [1.29, 1.82) is 5.26 Å². The van der Waals surface area contributed by atoms with Crippen molar-refractivity contribution in [1.82, 2.24) is 0 Å². The second-order valence-electron chi connectivity index (χ2n) is 4.91. The number of carbonyl (C=O) groups excluding carboxylic acids is 1. The van der Waals surface area contributed by atoms with E-state index in [1.807, 2.05) is 26.0 Å². The average Bonchev–Trinajstić information content (AvgIpc) is 2.49. The molecule has 0 aliphatic rings. The molecule has 2 rings (SSSR count). The Morgan fingerprint density at radius 1 is 1.27 bits per heavy atom. The molecule has 0 aliphatic heterocycles. The van der Waals surface area contributed by atoms with Crippen molar-refractivity contribution in [2.45, 2.75) is 13.8 Å². The number of amides is 1. The molecule has 0 atom stereocenters. The first-order chi connectivity index (χ1) is 10.5. The van der Waals surface area contributed by atoms with Crippen LogP contribution in [0.1, 0.15) is 16.7 Å². The van der Waals surface area contributed by atoms with E-state index >= 15 is 0 Å². The molecular formula is C17H15ClN2O2. The standard InChI is InChI=1S/C17H15ClN2O2/c1-11-7-12(2)17(15(18)8-11)20-16(21)10-22-14-5-3-13(9-19)4-6-14/h3-8H,10H2,1-2H3,(H,20,21). The van der Waals surface area contributed by atoms with Crippen LogP contribution in [0.2, 0.25) is 5.02 Å². The number of hydrogen-bond donors (Lipinski definition) is 1. The highest BCUT2D eigenvalue weighted by Crippen LogP contribution is 2.27. The molecule has 0 heterocycles. The van der Waals surface area contributed by atoms with E-state index in [0.29, 0.717) is 22.0 Å². The van der Waals surface area contributed by atoms with E-state index in [1.165, 1.54) is 0 Å². The number of ether oxygens (including phenoxy) is 1. The van der Waals surface area contributed by atoms with Crippen molar-refractivity contribution in [3.63, 3.8) is 0 Å². The van der Waals surface area contributed by atoms with Crippen molar-refractivity contribution in [3.05, 3.63) is 58.1 Å². The number of nitrogens with one attached hydrogen (secondary N) is 1. The summed E-state index contributed by atoms with van der Waals surface area (Å²) in [5.41, 5.74) is 3.07. The number of nitrogens with zero attached hydrogens (tertiary/aromatic N) is 1. The summed E-state index contributed by atoms with van der Waals surface area (Å²) in [4.78, 5) is 12.0. The summed E-state index contributed by atoms with van der Waals surface area (Å²) in [5.74, 6) is 0.235. The largest absolute Gasteiger partial charge is 0.484 e. The van der Waals surface area contributed by atoms with Gasteiger partial charge in [0.25, 0.3) is 5.91 Å². The van der Waals surface area contributed by atoms with Crippen molar-refractivity contribution in [3.8, 4) is 11.8 Å². The number of aryl methyl sites for hydroxylation is 2. The fourth-order valence-corrected chi connectivity index (χ4v) is 2.39. The van der Waals surface area contributed by atoms with Gasteiger partial charge in [0.2, 0.25) is 0 Å². The van der Waals surface area contributed by atoms with Crippen molar-refractivity contribution < 1.29 is 9.53 Å². The molecule has 0 unspecified atom stereocenters. The number of benzene rings is 2. The van der Waals surface area contributed by atoms with Crippen LogP contribution in [0.25, 0.3) is 0 Å². The van der Waals surface area contributed by atoms with E-state index in [-0.39, 0.29) is 12.5 Å². The van der Waals surface area contributed by atoms with E-state index in [2.05, 4.69) is 5.32 Å². The third-order valence-corrected chi connectivity index (χ3v) is 3.35. The number of hydrogen-bond acceptors (Lipinski definition) is 3. The third kappa shape index (κ3) is 4.00. The maximum atomic E-state index is 12.0. The van der Waals surface area contributed by atoms with Gasteiger partial charge < -0.3 is 10.1 Å². The number of rotatable bonds is 4. The van der Waals surface area contributed by atoms with E-state index < -0.39 is 0 Å². The molecule has 2 aromatic rings. The Bertz CT molecular complexity index is 710. The monoisotopic (exact) mass is 314 g/mol. The lowest BCUT2D eigenvalue weighted by Crippen LogP contribution is -2.21. The Morgan fingerprint density at radius 2 is 1.95 bits per heavy atom. The minimum atomic E-state index is -0.293. The summed E-state index contributed by atoms with van der Waals surface area (Å²) in [6.07, 6.45) is 0. The SMILES string of the molecule is Cc1cc(C)c(NC(=O)COc2ccc(C#N)cc2)c(Cl)c1. The van der Waals surface area contributed by atoms with Crippen LogP contribution in [-0.4, -0.2) is 12.5 Å². The molecule has 0 aromatic heterocycles. The van der Waals surface area contributed by atoms with Crippen LogP contribution >= 0.6 is 11.6 Å². The quantitative estimate of drug-likeness (QED) is 0.932. The minimum absolute atomic E-state index is 0.129. The molecule has 4 nitrogen and oxygen atoms in total. The van der Waals surface area contributed by atoms with Gasteiger partial charge in [-0.15, -0.1) is 0 Å². The Labute approximate surface area is 134 Å². The van der Waals surface area contributed by atoms with Crippen molar-refractivity contribution >= 4 is 23.2 Å². The lowest BCUT2D eigenvalue weighted by molar-refractivity contribution is -0.118. The Kier molecular flexibility index (Phi) is 5.03. The molecular weight excluding hydrogens is 300 g/mol. The summed E-state index contributed by atoms with van der Waals surface area (Å²) in [6.45, 7) is 3.70. The second-order valence-corrected chi connectivity index (χ2v) is 5.32. The van der Waals surface area contributed by atoms with Gasteiger partial charge in [-0.1, -0.05) is 17.7 Å². The van der Waals surface area contributed by atoms with Crippen LogP contribution in [0.4, 0.5) is 5.69 Å². The summed E-state index contributed by atoms with van der Waals surface area (Å²) in [6, 6.07) is 12.3. The number of anilines is 1. The molecule has 22 heavy (non-hydrogen) atoms. The average molecular weight is 315 g/mol. The molecule has 0 fully saturated rings. The molecule has 0 saturated carbocycles. The van der Waals surface area contributed by atoms with Gasteiger partial charge in [0, 0.05) is 0 Å². The van der Waals surface area contributed by atoms with Gasteiger partial charge in [-0.25, -0.2) is 0 Å². The van der Waals surface area contributed by atoms with Gasteiger partial charge in [-0.05, 0) is 55.3 Å². The molecule has 5 heteroatoms. The first-order valence-electron chi connectivity index (χ1n) is 6.69. The zero-order chi connectivity index (χ0) is 16.1. The van der Waals surface area contributed by atoms with Gasteiger partial charge in [-0.2, -0.15) is 5.26 Å². The van der Waals surface area contributed by atoms with Crippen LogP contribution in [0, 0.1) is 25.2 Å². The Balaban J connectivity index is 1.97. The Hall–Kier alpha value is -2.51. The van der Waals surface area contributed by atoms with Crippen LogP contribution in [0.15, 0.2) is 36.4 Å². The van der Waals surface area contributed by atoms with Crippen LogP contribution in [0.3, 0.4) is 0 Å². The minimum Gasteiger partial charge on any atom is -0.484 e. The van der Waals surface area contributed by atoms with Crippen LogP contribution in [0.5, 0.6) is 5.75 Å². The summed E-state index contributed by atoms with van der Waals surface area (Å²) in [5, 5.41) is 12.0. The van der Waals surface area contributed by atoms with E-state index in [0.717, 1.165) is 11.1 Å². The first-order valence-corrected chi connectivity index (χ1v) is 7.07. The predicted molar refractivity (Wildman–Crippen MR) is 86.2 cm³/mol. The zero-order valence-corrected chi connectivity index (χ0v) is 13.1. The number of halogens is 1. The fourth-order valence-electron chi connectivity index (χ4n) is 2.02. The maximum absolute atomic E-state index is 12.0. The molecule has 0 bridgehead atoms. The first kappa shape index (κ1) is 15.9. The normalized spacial score (nSPS) is 9.91. The lowest BCUT2D eigenvalue weighted by Gasteiger charge is -2.12. The van der Waals surface area contributed by atoms with Crippen LogP contribution in [-0.2, 0) is 4.79 Å². The molecule has 2 aromatic carbocycles. The predicted octanol–water partition coefficient (Wildman–Crippen LogP) is 3.85. The van der Waals surface area contributed by atoms with Gasteiger partial charge in [-0.3, -0.25) is 4.79 Å². The van der Waals surface area contributed by atoms with E-state index in [1.54, 1.807) is 30.3 Å². The molecule has 0 saturated heterocycles. The molecule has 0 aliphatic carbocycles. The van der Waals surface area contributed by atoms with Gasteiger partial charge in [0.05, 0.1) is 22.3 Å². The number of carbonyl (C=O) groups is 1. The highest BCUT2D eigenvalue weighted by Gasteiger charge is 2.10. The Morgan fingerprint density at radius 3 is 2.55 bits per heavy atom. The fraction of sp³-hybridized carbons (Fsp3) is 0.176. The van der Waals surface area contributed by atoms with Gasteiger partial charge >= 0.3 is 0 Å². The maximum Gasteiger partial charge on any atom is 0.262 e. The molecule has 0 radical (unpaired) electrons. The second kappa shape index (κ2) is 6.97. The third-order valence-electron chi connectivity index (χ3n) is 3.05. The lowest BCUT2D eigenvalue weighted by atomic mass is 10.1. The topological polar surface area (TPSA) is 62.1 Å². The highest BCUT2D eigenvalue weighted by atomic mass is 35.5. The molecule has 1 N–H and O–H groups in total. The molecule has 112 valence electrons. The van der Waals surface area contributed by atoms with E-state index in [4.69, 9.17) is 21.6 Å². The summed E-state index contributed by atoms with van der Waals surface area (Å²) < 4.78 is 5.38. The highest BCUT2D eigenvalue weighted by molar-refractivity contribution is 6.34. The smallest absolute Gasteiger partial charge is 0.262 e. The summed E-state index contributed by atoms with van der Waals surface area (Å²) >= 11 is 6.14. The van der Waals surface area contributed by atoms with Crippen molar-refractivity contribution in [2.75, 3.05) is 11.9 Å².